The van der Waals surface area contributed by atoms with E-state index in [1.54, 1.807) is 20.3 Å². The van der Waals surface area contributed by atoms with Crippen molar-refractivity contribution in [3.05, 3.63) is 18.0 Å². The topological polar surface area (TPSA) is 70.2 Å². The van der Waals surface area contributed by atoms with Crippen molar-refractivity contribution in [2.45, 2.75) is 6.92 Å². The number of nitrogens with zero attached hydrogens (tertiary/aromatic N) is 3. The van der Waals surface area contributed by atoms with Gasteiger partial charge in [-0.15, -0.1) is 0 Å². The number of carbonyl (C=O) groups is 1. The lowest BCUT2D eigenvalue weighted by atomic mass is 10.5. The number of hydrogen-bond donors (Lipinski definition) is 2. The Hall–Kier alpha value is -1.85. The highest BCUT2D eigenvalue weighted by Gasteiger charge is 2.01. The van der Waals surface area contributed by atoms with Crippen LogP contribution < -0.4 is 10.6 Å². The molecule has 0 spiro atoms. The molecule has 16 heavy (non-hydrogen) atoms. The SMILES string of the molecule is Cc1ccnc(NCCNC(=O)N(C)C)n1. The molecule has 0 unspecified atom stereocenters. The fourth-order valence-corrected chi connectivity index (χ4v) is 1.04. The summed E-state index contributed by atoms with van der Waals surface area (Å²) < 4.78 is 0. The van der Waals surface area contributed by atoms with Crippen LogP contribution in [0.1, 0.15) is 5.69 Å². The summed E-state index contributed by atoms with van der Waals surface area (Å²) >= 11 is 0. The van der Waals surface area contributed by atoms with Gasteiger partial charge in [-0.25, -0.2) is 14.8 Å². The summed E-state index contributed by atoms with van der Waals surface area (Å²) in [7, 11) is 3.40. The van der Waals surface area contributed by atoms with Crippen molar-refractivity contribution in [2.75, 3.05) is 32.5 Å². The van der Waals surface area contributed by atoms with Gasteiger partial charge in [0.25, 0.3) is 0 Å². The Bertz CT molecular complexity index is 353. The summed E-state index contributed by atoms with van der Waals surface area (Å²) in [6.45, 7) is 3.04. The predicted octanol–water partition coefficient (Wildman–Crippen LogP) is 0.468. The largest absolute Gasteiger partial charge is 0.352 e. The van der Waals surface area contributed by atoms with Crippen molar-refractivity contribution >= 4 is 12.0 Å². The van der Waals surface area contributed by atoms with Gasteiger partial charge in [-0.05, 0) is 13.0 Å². The summed E-state index contributed by atoms with van der Waals surface area (Å²) in [4.78, 5) is 20.9. The molecule has 0 aliphatic rings. The first-order valence-electron chi connectivity index (χ1n) is 5.08. The second kappa shape index (κ2) is 5.89. The summed E-state index contributed by atoms with van der Waals surface area (Å²) in [6, 6.07) is 1.73. The fraction of sp³-hybridized carbons (Fsp3) is 0.500. The molecule has 6 heteroatoms. The van der Waals surface area contributed by atoms with Crippen molar-refractivity contribution in [2.24, 2.45) is 0 Å². The van der Waals surface area contributed by atoms with Gasteiger partial charge in [0.15, 0.2) is 0 Å². The Morgan fingerprint density at radius 2 is 2.19 bits per heavy atom. The van der Waals surface area contributed by atoms with Crippen LogP contribution in [0.25, 0.3) is 0 Å². The van der Waals surface area contributed by atoms with Gasteiger partial charge in [0.1, 0.15) is 0 Å². The van der Waals surface area contributed by atoms with E-state index in [9.17, 15) is 4.79 Å². The van der Waals surface area contributed by atoms with Gasteiger partial charge in [-0.3, -0.25) is 0 Å². The van der Waals surface area contributed by atoms with Gasteiger partial charge in [0.05, 0.1) is 0 Å². The second-order valence-corrected chi connectivity index (χ2v) is 3.57. The Balaban J connectivity index is 2.23. The molecular weight excluding hydrogens is 206 g/mol. The van der Waals surface area contributed by atoms with Crippen molar-refractivity contribution in [1.29, 1.82) is 0 Å². The Kier molecular flexibility index (Phi) is 4.50. The third-order valence-electron chi connectivity index (χ3n) is 1.89. The first kappa shape index (κ1) is 12.2. The quantitative estimate of drug-likeness (QED) is 0.728. The van der Waals surface area contributed by atoms with Crippen LogP contribution in [0.5, 0.6) is 0 Å². The maximum absolute atomic E-state index is 11.2. The minimum Gasteiger partial charge on any atom is -0.352 e. The van der Waals surface area contributed by atoms with Gasteiger partial charge < -0.3 is 15.5 Å². The van der Waals surface area contributed by atoms with Gasteiger partial charge >= 0.3 is 6.03 Å². The number of aromatic nitrogens is 2. The second-order valence-electron chi connectivity index (χ2n) is 3.57. The predicted molar refractivity (Wildman–Crippen MR) is 62.3 cm³/mol. The van der Waals surface area contributed by atoms with Crippen LogP contribution in [0.4, 0.5) is 10.7 Å². The van der Waals surface area contributed by atoms with Crippen molar-refractivity contribution in [1.82, 2.24) is 20.2 Å². The van der Waals surface area contributed by atoms with E-state index in [4.69, 9.17) is 0 Å². The number of carbonyl (C=O) groups excluding carboxylic acids is 1. The third kappa shape index (κ3) is 4.12. The molecule has 0 aliphatic carbocycles. The molecular formula is C10H17N5O. The molecule has 1 aromatic heterocycles. The fourth-order valence-electron chi connectivity index (χ4n) is 1.04. The number of urea groups is 1. The average Bonchev–Trinajstić information content (AvgIpc) is 2.24. The number of nitrogens with one attached hydrogen (secondary N) is 2. The summed E-state index contributed by atoms with van der Waals surface area (Å²) in [6.07, 6.45) is 1.70. The highest BCUT2D eigenvalue weighted by atomic mass is 16.2. The standard InChI is InChI=1S/C10H17N5O/c1-8-4-5-11-9(14-8)12-6-7-13-10(16)15(2)3/h4-5H,6-7H2,1-3H3,(H,13,16)(H,11,12,14). The van der Waals surface area contributed by atoms with E-state index in [-0.39, 0.29) is 6.03 Å². The molecule has 0 bridgehead atoms. The lowest BCUT2D eigenvalue weighted by Crippen LogP contribution is -2.37. The van der Waals surface area contributed by atoms with Crippen LogP contribution in [0.3, 0.4) is 0 Å². The summed E-state index contributed by atoms with van der Waals surface area (Å²) in [5.41, 5.74) is 0.912. The molecule has 0 radical (unpaired) electrons. The van der Waals surface area contributed by atoms with Gasteiger partial charge in [-0.2, -0.15) is 0 Å². The van der Waals surface area contributed by atoms with Crippen LogP contribution in [-0.2, 0) is 0 Å². The molecule has 0 saturated heterocycles. The van der Waals surface area contributed by atoms with Gasteiger partial charge in [0.2, 0.25) is 5.95 Å². The Labute approximate surface area is 95.1 Å². The zero-order valence-corrected chi connectivity index (χ0v) is 9.82. The number of hydrogen-bond acceptors (Lipinski definition) is 4. The minimum atomic E-state index is -0.105. The molecule has 88 valence electrons. The molecule has 0 aromatic carbocycles. The van der Waals surface area contributed by atoms with Crippen molar-refractivity contribution in [3.8, 4) is 0 Å². The number of amides is 2. The lowest BCUT2D eigenvalue weighted by molar-refractivity contribution is 0.218. The minimum absolute atomic E-state index is 0.105. The van der Waals surface area contributed by atoms with E-state index < -0.39 is 0 Å². The first-order chi connectivity index (χ1) is 7.59. The number of anilines is 1. The van der Waals surface area contributed by atoms with E-state index in [2.05, 4.69) is 20.6 Å². The number of rotatable bonds is 4. The summed E-state index contributed by atoms with van der Waals surface area (Å²) in [5.74, 6) is 0.583. The molecule has 2 N–H and O–H groups in total. The molecule has 1 rings (SSSR count). The first-order valence-corrected chi connectivity index (χ1v) is 5.08. The molecule has 0 fully saturated rings. The molecule has 0 saturated carbocycles. The highest BCUT2D eigenvalue weighted by molar-refractivity contribution is 5.73. The van der Waals surface area contributed by atoms with Gasteiger partial charge in [0, 0.05) is 39.1 Å². The maximum atomic E-state index is 11.2. The Morgan fingerprint density at radius 1 is 1.44 bits per heavy atom. The van der Waals surface area contributed by atoms with Crippen LogP contribution >= 0.6 is 0 Å². The molecule has 0 aliphatic heterocycles. The maximum Gasteiger partial charge on any atom is 0.316 e. The lowest BCUT2D eigenvalue weighted by Gasteiger charge is -2.12. The zero-order chi connectivity index (χ0) is 12.0. The highest BCUT2D eigenvalue weighted by Crippen LogP contribution is 1.97. The molecule has 1 aromatic rings. The number of aryl methyl sites for hydroxylation is 1. The molecule has 2 amide bonds. The summed E-state index contributed by atoms with van der Waals surface area (Å²) in [5, 5.41) is 5.76. The monoisotopic (exact) mass is 223 g/mol. The van der Waals surface area contributed by atoms with E-state index in [1.165, 1.54) is 4.90 Å². The van der Waals surface area contributed by atoms with Crippen LogP contribution in [0.15, 0.2) is 12.3 Å². The van der Waals surface area contributed by atoms with Gasteiger partial charge in [-0.1, -0.05) is 0 Å². The molecule has 1 heterocycles. The van der Waals surface area contributed by atoms with Crippen LogP contribution in [0.2, 0.25) is 0 Å². The van der Waals surface area contributed by atoms with Crippen molar-refractivity contribution < 1.29 is 4.79 Å². The molecule has 6 nitrogen and oxygen atoms in total. The average molecular weight is 223 g/mol. The van der Waals surface area contributed by atoms with E-state index in [0.29, 0.717) is 19.0 Å². The molecule has 0 atom stereocenters. The zero-order valence-electron chi connectivity index (χ0n) is 9.82. The van der Waals surface area contributed by atoms with E-state index in [0.717, 1.165) is 5.69 Å². The Morgan fingerprint density at radius 3 is 2.81 bits per heavy atom. The van der Waals surface area contributed by atoms with Crippen molar-refractivity contribution in [3.63, 3.8) is 0 Å². The smallest absolute Gasteiger partial charge is 0.316 e. The third-order valence-corrected chi connectivity index (χ3v) is 1.89. The van der Waals surface area contributed by atoms with Crippen LogP contribution in [-0.4, -0.2) is 48.1 Å². The van der Waals surface area contributed by atoms with E-state index >= 15 is 0 Å². The normalized spacial score (nSPS) is 9.69. The van der Waals surface area contributed by atoms with Crippen LogP contribution in [0, 0.1) is 6.92 Å². The van der Waals surface area contributed by atoms with E-state index in [1.807, 2.05) is 13.0 Å².